The van der Waals surface area contributed by atoms with E-state index in [2.05, 4.69) is 0 Å². The second kappa shape index (κ2) is 3.67. The van der Waals surface area contributed by atoms with Crippen LogP contribution in [0.3, 0.4) is 0 Å². The molecule has 0 saturated heterocycles. The summed E-state index contributed by atoms with van der Waals surface area (Å²) in [6.45, 7) is 1.90. The molecule has 0 spiro atoms. The molecule has 2 aromatic carbocycles. The van der Waals surface area contributed by atoms with Crippen LogP contribution in [0.1, 0.15) is 37.4 Å². The molecule has 3 rings (SSSR count). The molecule has 86 valence electrons. The molecule has 2 aromatic rings. The van der Waals surface area contributed by atoms with E-state index < -0.39 is 0 Å². The average Bonchev–Trinajstić information content (AvgIpc) is 2.39. The zero-order chi connectivity index (χ0) is 12.9. The van der Waals surface area contributed by atoms with Crippen LogP contribution in [0.4, 0.5) is 0 Å². The standard InChI is InChI=1S/C15H11BO2/c1-8-12(16)7-6-11-13(8)15(18)10-5-3-2-4-9(10)14(11)17/h2-7H,16H2,1H3. The topological polar surface area (TPSA) is 34.1 Å². The lowest BCUT2D eigenvalue weighted by Gasteiger charge is -2.20. The van der Waals surface area contributed by atoms with Crippen molar-refractivity contribution in [1.82, 2.24) is 0 Å². The average molecular weight is 234 g/mol. The van der Waals surface area contributed by atoms with Gasteiger partial charge in [-0.1, -0.05) is 41.9 Å². The summed E-state index contributed by atoms with van der Waals surface area (Å²) in [4.78, 5) is 24.8. The maximum Gasteiger partial charge on any atom is 0.194 e. The SMILES string of the molecule is Bc1ccc2c(c1C)C(=O)c1ccccc1C2=O. The van der Waals surface area contributed by atoms with Crippen LogP contribution in [0.15, 0.2) is 36.4 Å². The van der Waals surface area contributed by atoms with Gasteiger partial charge in [0.05, 0.1) is 0 Å². The first-order chi connectivity index (χ1) is 8.61. The minimum Gasteiger partial charge on any atom is -0.289 e. The Morgan fingerprint density at radius 3 is 2.11 bits per heavy atom. The largest absolute Gasteiger partial charge is 0.289 e. The number of hydrogen-bond donors (Lipinski definition) is 0. The Balaban J connectivity index is 2.38. The zero-order valence-electron chi connectivity index (χ0n) is 10.3. The van der Waals surface area contributed by atoms with Gasteiger partial charge in [0.25, 0.3) is 0 Å². The lowest BCUT2D eigenvalue weighted by atomic mass is 9.77. The molecule has 3 heteroatoms. The van der Waals surface area contributed by atoms with Crippen LogP contribution in [-0.2, 0) is 0 Å². The third-order valence-electron chi connectivity index (χ3n) is 3.62. The summed E-state index contributed by atoms with van der Waals surface area (Å²) in [5.41, 5.74) is 4.07. The van der Waals surface area contributed by atoms with Gasteiger partial charge in [0.1, 0.15) is 7.85 Å². The van der Waals surface area contributed by atoms with E-state index >= 15 is 0 Å². The molecule has 0 unspecified atom stereocenters. The third kappa shape index (κ3) is 1.30. The smallest absolute Gasteiger partial charge is 0.194 e. The van der Waals surface area contributed by atoms with Crippen LogP contribution in [0.5, 0.6) is 0 Å². The predicted octanol–water partition coefficient (Wildman–Crippen LogP) is 1.03. The lowest BCUT2D eigenvalue weighted by Crippen LogP contribution is -2.25. The molecule has 0 radical (unpaired) electrons. The lowest BCUT2D eigenvalue weighted by molar-refractivity contribution is 0.0978. The molecule has 0 aromatic heterocycles. The minimum absolute atomic E-state index is 0.0404. The van der Waals surface area contributed by atoms with Crippen molar-refractivity contribution in [1.29, 1.82) is 0 Å². The Kier molecular flexibility index (Phi) is 2.24. The Morgan fingerprint density at radius 1 is 0.833 bits per heavy atom. The quantitative estimate of drug-likeness (QED) is 0.544. The number of benzene rings is 2. The van der Waals surface area contributed by atoms with Crippen molar-refractivity contribution in [2.75, 3.05) is 0 Å². The second-order valence-electron chi connectivity index (χ2n) is 4.63. The van der Waals surface area contributed by atoms with Gasteiger partial charge in [0.15, 0.2) is 11.6 Å². The van der Waals surface area contributed by atoms with Crippen LogP contribution in [0.25, 0.3) is 0 Å². The Hall–Kier alpha value is -2.16. The fourth-order valence-electron chi connectivity index (χ4n) is 2.46. The molecule has 0 heterocycles. The van der Waals surface area contributed by atoms with E-state index in [4.69, 9.17) is 0 Å². The minimum atomic E-state index is -0.0525. The summed E-state index contributed by atoms with van der Waals surface area (Å²) in [6.07, 6.45) is 0. The van der Waals surface area contributed by atoms with Crippen LogP contribution in [-0.4, -0.2) is 19.4 Å². The van der Waals surface area contributed by atoms with Crippen molar-refractivity contribution in [2.45, 2.75) is 6.92 Å². The Labute approximate surface area is 106 Å². The predicted molar refractivity (Wildman–Crippen MR) is 72.7 cm³/mol. The van der Waals surface area contributed by atoms with E-state index in [9.17, 15) is 9.59 Å². The number of ketones is 2. The van der Waals surface area contributed by atoms with Crippen molar-refractivity contribution in [3.8, 4) is 0 Å². The summed E-state index contributed by atoms with van der Waals surface area (Å²) in [5.74, 6) is -0.0929. The monoisotopic (exact) mass is 234 g/mol. The number of hydrogen-bond acceptors (Lipinski definition) is 2. The van der Waals surface area contributed by atoms with Crippen molar-refractivity contribution in [2.24, 2.45) is 0 Å². The Morgan fingerprint density at radius 2 is 1.44 bits per heavy atom. The number of rotatable bonds is 0. The van der Waals surface area contributed by atoms with Gasteiger partial charge in [-0.3, -0.25) is 9.59 Å². The molecule has 2 nitrogen and oxygen atoms in total. The molecular weight excluding hydrogens is 223 g/mol. The fraction of sp³-hybridized carbons (Fsp3) is 0.0667. The molecule has 0 fully saturated rings. The first kappa shape index (κ1) is 11.0. The molecule has 0 aliphatic heterocycles. The van der Waals surface area contributed by atoms with Gasteiger partial charge in [-0.15, -0.1) is 0 Å². The van der Waals surface area contributed by atoms with Gasteiger partial charge in [-0.05, 0) is 12.5 Å². The van der Waals surface area contributed by atoms with Crippen molar-refractivity contribution < 1.29 is 9.59 Å². The molecule has 0 bridgehead atoms. The van der Waals surface area contributed by atoms with E-state index in [0.29, 0.717) is 22.3 Å². The molecule has 1 aliphatic rings. The molecule has 0 saturated carbocycles. The van der Waals surface area contributed by atoms with Gasteiger partial charge in [-0.2, -0.15) is 0 Å². The number of fused-ring (bicyclic) bond motifs is 2. The van der Waals surface area contributed by atoms with Gasteiger partial charge < -0.3 is 0 Å². The van der Waals surface area contributed by atoms with Gasteiger partial charge in [0, 0.05) is 22.3 Å². The van der Waals surface area contributed by atoms with E-state index in [0.717, 1.165) is 11.0 Å². The Bertz CT molecular complexity index is 702. The molecule has 0 amide bonds. The van der Waals surface area contributed by atoms with Crippen LogP contribution >= 0.6 is 0 Å². The number of carbonyl (C=O) groups excluding carboxylic acids is 2. The molecule has 0 atom stereocenters. The molecular formula is C15H11BO2. The summed E-state index contributed by atoms with van der Waals surface area (Å²) in [7, 11) is 1.95. The maximum absolute atomic E-state index is 12.5. The summed E-state index contributed by atoms with van der Waals surface area (Å²) in [6, 6.07) is 10.7. The van der Waals surface area contributed by atoms with E-state index in [-0.39, 0.29) is 11.6 Å². The first-order valence-electron chi connectivity index (χ1n) is 5.90. The van der Waals surface area contributed by atoms with Crippen molar-refractivity contribution >= 4 is 24.9 Å². The van der Waals surface area contributed by atoms with Crippen LogP contribution in [0, 0.1) is 6.92 Å². The fourth-order valence-corrected chi connectivity index (χ4v) is 2.46. The highest BCUT2D eigenvalue weighted by atomic mass is 16.1. The van der Waals surface area contributed by atoms with Crippen molar-refractivity contribution in [3.63, 3.8) is 0 Å². The highest BCUT2D eigenvalue weighted by Crippen LogP contribution is 2.28. The van der Waals surface area contributed by atoms with E-state index in [1.54, 1.807) is 30.3 Å². The van der Waals surface area contributed by atoms with Gasteiger partial charge in [-0.25, -0.2) is 0 Å². The van der Waals surface area contributed by atoms with Crippen molar-refractivity contribution in [3.05, 3.63) is 64.2 Å². The van der Waals surface area contributed by atoms with Gasteiger partial charge in [0.2, 0.25) is 0 Å². The molecule has 1 aliphatic carbocycles. The third-order valence-corrected chi connectivity index (χ3v) is 3.62. The van der Waals surface area contributed by atoms with Crippen LogP contribution < -0.4 is 5.46 Å². The highest BCUT2D eigenvalue weighted by molar-refractivity contribution is 6.36. The first-order valence-corrected chi connectivity index (χ1v) is 5.90. The number of carbonyl (C=O) groups is 2. The summed E-state index contributed by atoms with van der Waals surface area (Å²) < 4.78 is 0. The van der Waals surface area contributed by atoms with E-state index in [1.807, 2.05) is 20.8 Å². The zero-order valence-corrected chi connectivity index (χ0v) is 10.3. The second-order valence-corrected chi connectivity index (χ2v) is 4.63. The molecule has 0 N–H and O–H groups in total. The maximum atomic E-state index is 12.5. The summed E-state index contributed by atoms with van der Waals surface area (Å²) in [5, 5.41) is 0. The van der Waals surface area contributed by atoms with Gasteiger partial charge >= 0.3 is 0 Å². The molecule has 18 heavy (non-hydrogen) atoms. The van der Waals surface area contributed by atoms with E-state index in [1.165, 1.54) is 0 Å². The highest BCUT2D eigenvalue weighted by Gasteiger charge is 2.30. The van der Waals surface area contributed by atoms with Crippen LogP contribution in [0.2, 0.25) is 0 Å². The normalized spacial score (nSPS) is 13.2. The summed E-state index contributed by atoms with van der Waals surface area (Å²) >= 11 is 0.